The number of hydrogen-bond donors (Lipinski definition) is 0. The molecule has 0 fully saturated rings. The van der Waals surface area contributed by atoms with Gasteiger partial charge in [0.15, 0.2) is 5.78 Å². The van der Waals surface area contributed by atoms with E-state index in [0.29, 0.717) is 11.3 Å². The number of nitrogens with zero attached hydrogens (tertiary/aromatic N) is 1. The van der Waals surface area contributed by atoms with Crippen molar-refractivity contribution >= 4 is 17.4 Å². The maximum atomic E-state index is 11.7. The minimum absolute atomic E-state index is 0.0115. The average Bonchev–Trinajstić information content (AvgIpc) is 2.53. The molecular formula is C14H13NO2. The second-order valence-electron chi connectivity index (χ2n) is 4.05. The van der Waals surface area contributed by atoms with E-state index in [4.69, 9.17) is 0 Å². The number of hydrogen-bond acceptors (Lipinski definition) is 2. The van der Waals surface area contributed by atoms with Crippen LogP contribution >= 0.6 is 0 Å². The second kappa shape index (κ2) is 4.01. The number of carbonyl (C=O) groups excluding carboxylic acids is 2. The summed E-state index contributed by atoms with van der Waals surface area (Å²) in [7, 11) is 0. The van der Waals surface area contributed by atoms with Gasteiger partial charge in [0.25, 0.3) is 5.91 Å². The normalized spacial score (nSPS) is 15.2. The monoisotopic (exact) mass is 227 g/mol. The summed E-state index contributed by atoms with van der Waals surface area (Å²) in [5, 5.41) is 0. The first-order valence-electron chi connectivity index (χ1n) is 5.33. The van der Waals surface area contributed by atoms with Gasteiger partial charge in [-0.1, -0.05) is 6.58 Å². The van der Waals surface area contributed by atoms with Gasteiger partial charge in [0, 0.05) is 23.0 Å². The Bertz CT molecular complexity index is 538. The molecule has 0 bridgehead atoms. The third kappa shape index (κ3) is 1.91. The SMILES string of the molecule is C=C1C(C)=CC(=O)N1c1ccc(C(C)=O)cc1. The highest BCUT2D eigenvalue weighted by atomic mass is 16.2. The number of Topliss-reactive ketones (excluding diaryl/α,β-unsaturated/α-hetero) is 1. The van der Waals surface area contributed by atoms with Gasteiger partial charge in [0.2, 0.25) is 0 Å². The lowest BCUT2D eigenvalue weighted by Gasteiger charge is -2.18. The molecule has 0 atom stereocenters. The van der Waals surface area contributed by atoms with Gasteiger partial charge in [-0.3, -0.25) is 14.5 Å². The summed E-state index contributed by atoms with van der Waals surface area (Å²) in [6, 6.07) is 6.94. The summed E-state index contributed by atoms with van der Waals surface area (Å²) in [5.74, 6) is -0.0829. The van der Waals surface area contributed by atoms with E-state index in [9.17, 15) is 9.59 Å². The molecule has 1 amide bonds. The van der Waals surface area contributed by atoms with Crippen molar-refractivity contribution in [1.82, 2.24) is 0 Å². The van der Waals surface area contributed by atoms with Gasteiger partial charge in [-0.15, -0.1) is 0 Å². The standard InChI is InChI=1S/C14H13NO2/c1-9-8-14(17)15(10(9)2)13-6-4-12(5-7-13)11(3)16/h4-8H,2H2,1,3H3. The molecule has 0 saturated heterocycles. The highest BCUT2D eigenvalue weighted by molar-refractivity contribution is 6.09. The van der Waals surface area contributed by atoms with E-state index in [1.54, 1.807) is 35.2 Å². The molecule has 17 heavy (non-hydrogen) atoms. The summed E-state index contributed by atoms with van der Waals surface area (Å²) in [6.07, 6.45) is 1.56. The number of carbonyl (C=O) groups is 2. The van der Waals surface area contributed by atoms with E-state index in [0.717, 1.165) is 11.3 Å². The number of rotatable bonds is 2. The second-order valence-corrected chi connectivity index (χ2v) is 4.05. The van der Waals surface area contributed by atoms with E-state index >= 15 is 0 Å². The lowest BCUT2D eigenvalue weighted by Crippen LogP contribution is -2.22. The van der Waals surface area contributed by atoms with Crippen molar-refractivity contribution in [2.24, 2.45) is 0 Å². The van der Waals surface area contributed by atoms with Gasteiger partial charge >= 0.3 is 0 Å². The van der Waals surface area contributed by atoms with Crippen LogP contribution < -0.4 is 4.90 Å². The molecule has 0 unspecified atom stereocenters. The van der Waals surface area contributed by atoms with E-state index in [2.05, 4.69) is 6.58 Å². The van der Waals surface area contributed by atoms with Crippen LogP contribution in [0, 0.1) is 0 Å². The minimum Gasteiger partial charge on any atom is -0.295 e. The highest BCUT2D eigenvalue weighted by Crippen LogP contribution is 2.28. The van der Waals surface area contributed by atoms with Crippen molar-refractivity contribution < 1.29 is 9.59 Å². The first-order chi connectivity index (χ1) is 8.00. The van der Waals surface area contributed by atoms with Gasteiger partial charge in [-0.25, -0.2) is 0 Å². The van der Waals surface area contributed by atoms with Crippen molar-refractivity contribution in [3.05, 3.63) is 53.8 Å². The molecule has 1 heterocycles. The predicted octanol–water partition coefficient (Wildman–Crippen LogP) is 2.70. The molecule has 0 radical (unpaired) electrons. The predicted molar refractivity (Wildman–Crippen MR) is 66.8 cm³/mol. The lowest BCUT2D eigenvalue weighted by molar-refractivity contribution is -0.113. The molecule has 0 aromatic heterocycles. The summed E-state index contributed by atoms with van der Waals surface area (Å²) in [6.45, 7) is 7.24. The van der Waals surface area contributed by atoms with Crippen LogP contribution in [-0.2, 0) is 4.79 Å². The van der Waals surface area contributed by atoms with Crippen LogP contribution in [0.4, 0.5) is 5.69 Å². The minimum atomic E-state index is -0.0944. The van der Waals surface area contributed by atoms with E-state index in [1.165, 1.54) is 6.92 Å². The van der Waals surface area contributed by atoms with Crippen LogP contribution in [0.3, 0.4) is 0 Å². The Labute approximate surface area is 100 Å². The number of anilines is 1. The number of benzene rings is 1. The average molecular weight is 227 g/mol. The lowest BCUT2D eigenvalue weighted by atomic mass is 10.1. The molecule has 0 N–H and O–H groups in total. The van der Waals surface area contributed by atoms with Crippen LogP contribution in [0.25, 0.3) is 0 Å². The molecule has 0 aliphatic carbocycles. The van der Waals surface area contributed by atoms with Crippen LogP contribution in [-0.4, -0.2) is 11.7 Å². The zero-order valence-corrected chi connectivity index (χ0v) is 9.86. The van der Waals surface area contributed by atoms with Gasteiger partial charge in [0.1, 0.15) is 0 Å². The quantitative estimate of drug-likeness (QED) is 0.728. The fourth-order valence-corrected chi connectivity index (χ4v) is 1.77. The van der Waals surface area contributed by atoms with Crippen molar-refractivity contribution in [2.45, 2.75) is 13.8 Å². The Morgan fingerprint density at radius 3 is 2.24 bits per heavy atom. The van der Waals surface area contributed by atoms with Crippen molar-refractivity contribution in [3.63, 3.8) is 0 Å². The molecule has 1 aliphatic heterocycles. The number of ketones is 1. The molecule has 1 aromatic rings. The maximum absolute atomic E-state index is 11.7. The molecule has 0 spiro atoms. The largest absolute Gasteiger partial charge is 0.295 e. The fraction of sp³-hybridized carbons (Fsp3) is 0.143. The smallest absolute Gasteiger partial charge is 0.255 e. The van der Waals surface area contributed by atoms with Crippen LogP contribution in [0.15, 0.2) is 48.2 Å². The zero-order valence-electron chi connectivity index (χ0n) is 9.86. The maximum Gasteiger partial charge on any atom is 0.255 e. The molecule has 1 aromatic carbocycles. The van der Waals surface area contributed by atoms with Gasteiger partial charge in [-0.2, -0.15) is 0 Å². The fourth-order valence-electron chi connectivity index (χ4n) is 1.77. The Hall–Kier alpha value is -2.16. The Kier molecular flexibility index (Phi) is 2.68. The van der Waals surface area contributed by atoms with Gasteiger partial charge in [-0.05, 0) is 43.7 Å². The number of allylic oxidation sites excluding steroid dienone is 1. The molecule has 3 nitrogen and oxygen atoms in total. The van der Waals surface area contributed by atoms with Crippen LogP contribution in [0.2, 0.25) is 0 Å². The van der Waals surface area contributed by atoms with E-state index in [-0.39, 0.29) is 11.7 Å². The molecular weight excluding hydrogens is 214 g/mol. The van der Waals surface area contributed by atoms with Crippen molar-refractivity contribution in [1.29, 1.82) is 0 Å². The molecule has 2 rings (SSSR count). The van der Waals surface area contributed by atoms with Crippen molar-refractivity contribution in [2.75, 3.05) is 4.90 Å². The Balaban J connectivity index is 2.34. The third-order valence-electron chi connectivity index (χ3n) is 2.82. The highest BCUT2D eigenvalue weighted by Gasteiger charge is 2.24. The molecule has 1 aliphatic rings. The van der Waals surface area contributed by atoms with E-state index in [1.807, 2.05) is 6.92 Å². The first kappa shape index (κ1) is 11.3. The van der Waals surface area contributed by atoms with Crippen molar-refractivity contribution in [3.8, 4) is 0 Å². The molecule has 86 valence electrons. The van der Waals surface area contributed by atoms with Crippen LogP contribution in [0.1, 0.15) is 24.2 Å². The number of amides is 1. The summed E-state index contributed by atoms with van der Waals surface area (Å²) in [5.41, 5.74) is 2.92. The van der Waals surface area contributed by atoms with Crippen LogP contribution in [0.5, 0.6) is 0 Å². The summed E-state index contributed by atoms with van der Waals surface area (Å²) >= 11 is 0. The topological polar surface area (TPSA) is 37.4 Å². The summed E-state index contributed by atoms with van der Waals surface area (Å²) in [4.78, 5) is 24.4. The molecule has 0 saturated carbocycles. The van der Waals surface area contributed by atoms with E-state index < -0.39 is 0 Å². The first-order valence-corrected chi connectivity index (χ1v) is 5.33. The van der Waals surface area contributed by atoms with Gasteiger partial charge < -0.3 is 0 Å². The Morgan fingerprint density at radius 2 is 1.82 bits per heavy atom. The zero-order chi connectivity index (χ0) is 12.6. The molecule has 3 heteroatoms. The van der Waals surface area contributed by atoms with Gasteiger partial charge in [0.05, 0.1) is 0 Å². The third-order valence-corrected chi connectivity index (χ3v) is 2.82. The Morgan fingerprint density at radius 1 is 1.24 bits per heavy atom. The summed E-state index contributed by atoms with van der Waals surface area (Å²) < 4.78 is 0.